The molecule has 0 spiro atoms. The van der Waals surface area contributed by atoms with E-state index in [4.69, 9.17) is 4.98 Å². The molecule has 2 heterocycles. The first-order valence-electron chi connectivity index (χ1n) is 9.15. The van der Waals surface area contributed by atoms with Crippen molar-refractivity contribution in [2.45, 2.75) is 13.0 Å². The Kier molecular flexibility index (Phi) is 4.71. The monoisotopic (exact) mass is 348 g/mol. The number of carbonyl (C=O) groups excluding carboxylic acids is 1. The Bertz CT molecular complexity index is 895. The van der Waals surface area contributed by atoms with Crippen molar-refractivity contribution in [3.05, 3.63) is 66.0 Å². The molecule has 1 aliphatic rings. The maximum atomic E-state index is 12.5. The molecule has 0 atom stereocenters. The van der Waals surface area contributed by atoms with Crippen LogP contribution in [0.1, 0.15) is 11.4 Å². The number of aryl methyl sites for hydroxylation is 1. The van der Waals surface area contributed by atoms with Gasteiger partial charge in [-0.3, -0.25) is 9.69 Å². The molecular weight excluding hydrogens is 324 g/mol. The number of rotatable bonds is 4. The molecule has 1 fully saturated rings. The predicted molar refractivity (Wildman–Crippen MR) is 103 cm³/mol. The van der Waals surface area contributed by atoms with Gasteiger partial charge >= 0.3 is 0 Å². The smallest absolute Gasteiger partial charge is 0.227 e. The summed E-state index contributed by atoms with van der Waals surface area (Å²) in [5, 5.41) is 0. The first-order valence-corrected chi connectivity index (χ1v) is 9.15. The first-order chi connectivity index (χ1) is 12.7. The maximum absolute atomic E-state index is 12.5. The van der Waals surface area contributed by atoms with Crippen molar-refractivity contribution in [2.24, 2.45) is 7.05 Å². The third kappa shape index (κ3) is 3.48. The minimum atomic E-state index is 0.221. The summed E-state index contributed by atoms with van der Waals surface area (Å²) in [6, 6.07) is 18.2. The summed E-state index contributed by atoms with van der Waals surface area (Å²) in [5.74, 6) is 1.30. The highest BCUT2D eigenvalue weighted by molar-refractivity contribution is 5.79. The lowest BCUT2D eigenvalue weighted by Gasteiger charge is -2.34. The Morgan fingerprint density at radius 2 is 1.65 bits per heavy atom. The molecule has 0 N–H and O–H groups in total. The number of hydrogen-bond donors (Lipinski definition) is 0. The number of nitrogens with zero attached hydrogens (tertiary/aromatic N) is 4. The summed E-state index contributed by atoms with van der Waals surface area (Å²) in [5.41, 5.74) is 3.29. The molecule has 0 unspecified atom stereocenters. The van der Waals surface area contributed by atoms with Gasteiger partial charge in [0.1, 0.15) is 5.82 Å². The molecular formula is C21H24N4O. The normalized spacial score (nSPS) is 15.5. The molecule has 1 amide bonds. The van der Waals surface area contributed by atoms with Crippen molar-refractivity contribution in [3.8, 4) is 0 Å². The number of aromatic nitrogens is 2. The highest BCUT2D eigenvalue weighted by Crippen LogP contribution is 2.16. The van der Waals surface area contributed by atoms with Crippen LogP contribution in [0.5, 0.6) is 0 Å². The van der Waals surface area contributed by atoms with E-state index in [1.165, 1.54) is 5.52 Å². The standard InChI is InChI=1S/C21H24N4O/c1-23-19-10-6-5-9-18(19)22-20(23)16-24-11-13-25(14-12-24)21(26)15-17-7-3-2-4-8-17/h2-10H,11-16H2,1H3. The molecule has 5 nitrogen and oxygen atoms in total. The number of benzene rings is 2. The average Bonchev–Trinajstić information content (AvgIpc) is 2.99. The highest BCUT2D eigenvalue weighted by Gasteiger charge is 2.22. The van der Waals surface area contributed by atoms with Gasteiger partial charge in [0, 0.05) is 33.2 Å². The molecule has 0 saturated carbocycles. The Morgan fingerprint density at radius 3 is 2.38 bits per heavy atom. The molecule has 0 aliphatic carbocycles. The number of carbonyl (C=O) groups is 1. The summed E-state index contributed by atoms with van der Waals surface area (Å²) in [6.07, 6.45) is 0.492. The fourth-order valence-corrected chi connectivity index (χ4v) is 3.57. The third-order valence-corrected chi connectivity index (χ3v) is 5.17. The van der Waals surface area contributed by atoms with Crippen molar-refractivity contribution in [2.75, 3.05) is 26.2 Å². The Hall–Kier alpha value is -2.66. The van der Waals surface area contributed by atoms with E-state index in [9.17, 15) is 4.79 Å². The van der Waals surface area contributed by atoms with Gasteiger partial charge in [-0.25, -0.2) is 4.98 Å². The third-order valence-electron chi connectivity index (χ3n) is 5.17. The van der Waals surface area contributed by atoms with Crippen LogP contribution in [0.3, 0.4) is 0 Å². The van der Waals surface area contributed by atoms with Crippen LogP contribution in [0.4, 0.5) is 0 Å². The fourth-order valence-electron chi connectivity index (χ4n) is 3.57. The number of fused-ring (bicyclic) bond motifs is 1. The van der Waals surface area contributed by atoms with Crippen molar-refractivity contribution in [3.63, 3.8) is 0 Å². The van der Waals surface area contributed by atoms with Gasteiger partial charge in [0.25, 0.3) is 0 Å². The largest absolute Gasteiger partial charge is 0.340 e. The number of hydrogen-bond acceptors (Lipinski definition) is 3. The topological polar surface area (TPSA) is 41.4 Å². The number of amides is 1. The van der Waals surface area contributed by atoms with Crippen LogP contribution in [-0.4, -0.2) is 51.4 Å². The van der Waals surface area contributed by atoms with Crippen LogP contribution in [0.15, 0.2) is 54.6 Å². The molecule has 3 aromatic rings. The van der Waals surface area contributed by atoms with Crippen LogP contribution in [-0.2, 0) is 24.8 Å². The summed E-state index contributed by atoms with van der Waals surface area (Å²) in [4.78, 5) is 21.6. The average molecular weight is 348 g/mol. The fraction of sp³-hybridized carbons (Fsp3) is 0.333. The van der Waals surface area contributed by atoms with Gasteiger partial charge in [-0.2, -0.15) is 0 Å². The van der Waals surface area contributed by atoms with Crippen LogP contribution in [0.25, 0.3) is 11.0 Å². The van der Waals surface area contributed by atoms with E-state index in [0.717, 1.165) is 49.6 Å². The molecule has 1 aromatic heterocycles. The van der Waals surface area contributed by atoms with E-state index >= 15 is 0 Å². The van der Waals surface area contributed by atoms with Crippen LogP contribution in [0.2, 0.25) is 0 Å². The second-order valence-electron chi connectivity index (χ2n) is 6.90. The summed E-state index contributed by atoms with van der Waals surface area (Å²) in [7, 11) is 2.07. The highest BCUT2D eigenvalue weighted by atomic mass is 16.2. The lowest BCUT2D eigenvalue weighted by molar-refractivity contribution is -0.132. The minimum absolute atomic E-state index is 0.221. The Balaban J connectivity index is 1.34. The van der Waals surface area contributed by atoms with Crippen molar-refractivity contribution < 1.29 is 4.79 Å². The summed E-state index contributed by atoms with van der Waals surface area (Å²) < 4.78 is 2.17. The lowest BCUT2D eigenvalue weighted by Crippen LogP contribution is -2.48. The minimum Gasteiger partial charge on any atom is -0.340 e. The second kappa shape index (κ2) is 7.30. The molecule has 4 rings (SSSR count). The molecule has 26 heavy (non-hydrogen) atoms. The molecule has 0 radical (unpaired) electrons. The van der Waals surface area contributed by atoms with Gasteiger partial charge < -0.3 is 9.47 Å². The van der Waals surface area contributed by atoms with Crippen molar-refractivity contribution in [1.29, 1.82) is 0 Å². The Labute approximate surface area is 153 Å². The van der Waals surface area contributed by atoms with E-state index in [1.807, 2.05) is 47.4 Å². The van der Waals surface area contributed by atoms with Gasteiger partial charge in [0.2, 0.25) is 5.91 Å². The zero-order valence-corrected chi connectivity index (χ0v) is 15.1. The van der Waals surface area contributed by atoms with Crippen molar-refractivity contribution >= 4 is 16.9 Å². The van der Waals surface area contributed by atoms with Crippen LogP contribution < -0.4 is 0 Å². The molecule has 1 aliphatic heterocycles. The van der Waals surface area contributed by atoms with E-state index < -0.39 is 0 Å². The summed E-state index contributed by atoms with van der Waals surface area (Å²) in [6.45, 7) is 4.19. The van der Waals surface area contributed by atoms with E-state index in [1.54, 1.807) is 0 Å². The van der Waals surface area contributed by atoms with E-state index in [-0.39, 0.29) is 5.91 Å². The van der Waals surface area contributed by atoms with Gasteiger partial charge in [0.15, 0.2) is 0 Å². The second-order valence-corrected chi connectivity index (χ2v) is 6.90. The van der Waals surface area contributed by atoms with Gasteiger partial charge in [0.05, 0.1) is 24.0 Å². The zero-order chi connectivity index (χ0) is 17.9. The van der Waals surface area contributed by atoms with Gasteiger partial charge in [-0.15, -0.1) is 0 Å². The van der Waals surface area contributed by atoms with E-state index in [2.05, 4.69) is 28.6 Å². The van der Waals surface area contributed by atoms with Gasteiger partial charge in [-0.05, 0) is 17.7 Å². The van der Waals surface area contributed by atoms with Gasteiger partial charge in [-0.1, -0.05) is 42.5 Å². The molecule has 2 aromatic carbocycles. The number of imidazole rings is 1. The quantitative estimate of drug-likeness (QED) is 0.727. The Morgan fingerprint density at radius 1 is 0.962 bits per heavy atom. The first kappa shape index (κ1) is 16.8. The lowest BCUT2D eigenvalue weighted by atomic mass is 10.1. The maximum Gasteiger partial charge on any atom is 0.227 e. The summed E-state index contributed by atoms with van der Waals surface area (Å²) >= 11 is 0. The molecule has 5 heteroatoms. The van der Waals surface area contributed by atoms with E-state index in [0.29, 0.717) is 6.42 Å². The molecule has 134 valence electrons. The predicted octanol–water partition coefficient (Wildman–Crippen LogP) is 2.46. The van der Waals surface area contributed by atoms with Crippen LogP contribution >= 0.6 is 0 Å². The number of piperazine rings is 1. The van der Waals surface area contributed by atoms with Crippen LogP contribution in [0, 0.1) is 0 Å². The number of para-hydroxylation sites is 2. The SMILES string of the molecule is Cn1c(CN2CCN(C(=O)Cc3ccccc3)CC2)nc2ccccc21. The van der Waals surface area contributed by atoms with Crippen molar-refractivity contribution in [1.82, 2.24) is 19.4 Å². The zero-order valence-electron chi connectivity index (χ0n) is 15.1. The molecule has 0 bridgehead atoms. The molecule has 1 saturated heterocycles.